The second-order valence-corrected chi connectivity index (χ2v) is 14.6. The Morgan fingerprint density at radius 3 is 2.22 bits per heavy atom. The molecule has 1 atom stereocenters. The Morgan fingerprint density at radius 2 is 1.53 bits per heavy atom. The van der Waals surface area contributed by atoms with Gasteiger partial charge in [-0.05, 0) is 44.6 Å². The fraction of sp³-hybridized carbons (Fsp3) is 0.514. The highest BCUT2D eigenvalue weighted by molar-refractivity contribution is 7.89. The molecule has 10 heteroatoms. The van der Waals surface area contributed by atoms with Crippen LogP contribution < -0.4 is 5.32 Å². The van der Waals surface area contributed by atoms with E-state index in [1.165, 1.54) is 25.5 Å². The third-order valence-corrected chi connectivity index (χ3v) is 10.2. The number of hydrogen-bond donors (Lipinski definition) is 1. The molecule has 1 aliphatic carbocycles. The topological polar surface area (TPSA) is 98.2 Å². The Balaban J connectivity index is 1.32. The van der Waals surface area contributed by atoms with Crippen LogP contribution in [0.2, 0.25) is 0 Å². The summed E-state index contributed by atoms with van der Waals surface area (Å²) in [5, 5.41) is 4.29. The van der Waals surface area contributed by atoms with Crippen LogP contribution in [0.3, 0.4) is 0 Å². The number of nitrogens with one attached hydrogen (secondary N) is 1. The van der Waals surface area contributed by atoms with E-state index >= 15 is 0 Å². The summed E-state index contributed by atoms with van der Waals surface area (Å²) in [6, 6.07) is 18.2. The first-order valence-electron chi connectivity index (χ1n) is 16.6. The van der Waals surface area contributed by atoms with Crippen LogP contribution in [-0.4, -0.2) is 91.5 Å². The second kappa shape index (κ2) is 13.9. The van der Waals surface area contributed by atoms with Gasteiger partial charge in [-0.2, -0.15) is 0 Å². The summed E-state index contributed by atoms with van der Waals surface area (Å²) in [6.45, 7) is 7.14. The van der Waals surface area contributed by atoms with Gasteiger partial charge in [-0.1, -0.05) is 67.8 Å². The van der Waals surface area contributed by atoms with Crippen molar-refractivity contribution in [1.82, 2.24) is 25.0 Å². The summed E-state index contributed by atoms with van der Waals surface area (Å²) in [6.07, 6.45) is 9.32. The number of carbonyl (C=O) groups excluding carboxylic acids is 1. The smallest absolute Gasteiger partial charge is 0.253 e. The number of para-hydroxylation sites is 1. The molecule has 3 aliphatic rings. The highest BCUT2D eigenvalue weighted by Crippen LogP contribution is 2.33. The van der Waals surface area contributed by atoms with Gasteiger partial charge in [0, 0.05) is 68.4 Å². The fourth-order valence-corrected chi connectivity index (χ4v) is 7.77. The summed E-state index contributed by atoms with van der Waals surface area (Å²) < 4.78 is 28.6. The number of guanidine groups is 1. The van der Waals surface area contributed by atoms with Crippen molar-refractivity contribution in [3.63, 3.8) is 0 Å². The van der Waals surface area contributed by atoms with Gasteiger partial charge in [-0.3, -0.25) is 9.69 Å². The van der Waals surface area contributed by atoms with Crippen molar-refractivity contribution in [2.75, 3.05) is 45.5 Å². The van der Waals surface area contributed by atoms with E-state index in [1.54, 1.807) is 0 Å². The average Bonchev–Trinajstić information content (AvgIpc) is 3.59. The second-order valence-electron chi connectivity index (χ2n) is 12.9. The van der Waals surface area contributed by atoms with Gasteiger partial charge in [0.2, 0.25) is 5.96 Å². The van der Waals surface area contributed by atoms with Gasteiger partial charge in [0.1, 0.15) is 0 Å². The van der Waals surface area contributed by atoms with Gasteiger partial charge in [-0.15, -0.1) is 4.40 Å². The van der Waals surface area contributed by atoms with Gasteiger partial charge < -0.3 is 15.1 Å². The van der Waals surface area contributed by atoms with Gasteiger partial charge in [0.25, 0.3) is 15.9 Å². The van der Waals surface area contributed by atoms with Crippen molar-refractivity contribution < 1.29 is 13.2 Å². The number of piperazine rings is 1. The van der Waals surface area contributed by atoms with E-state index in [0.29, 0.717) is 37.1 Å². The van der Waals surface area contributed by atoms with Crippen LogP contribution in [0.15, 0.2) is 59.0 Å². The van der Waals surface area contributed by atoms with Crippen molar-refractivity contribution in [2.24, 2.45) is 10.3 Å². The zero-order valence-corrected chi connectivity index (χ0v) is 27.4. The first-order chi connectivity index (χ1) is 21.8. The highest BCUT2D eigenvalue weighted by Gasteiger charge is 2.30. The standard InChI is InChI=1S/C35H46N6O3S/c1-26(27-13-5-3-6-14-27)36-34(42)32-29-17-9-10-18-31(29)37-33(28-15-7-4-8-16-28)30(32)25-39-21-23-41(24-22-39)35(38-45(2,43)44)40-19-11-12-20-40/h4,7-10,15-18,26-27H,3,5-6,11-14,19-25H2,1-2H3,(H,36,42)/b38-35+/t26-/m0/s1. The molecule has 2 aromatic carbocycles. The molecular weight excluding hydrogens is 584 g/mol. The van der Waals surface area contributed by atoms with Crippen LogP contribution in [0.5, 0.6) is 0 Å². The molecular formula is C35H46N6O3S. The number of carbonyl (C=O) groups is 1. The third-order valence-electron chi connectivity index (χ3n) is 9.66. The molecule has 0 bridgehead atoms. The predicted octanol–water partition coefficient (Wildman–Crippen LogP) is 5.13. The average molecular weight is 631 g/mol. The van der Waals surface area contributed by atoms with Crippen molar-refractivity contribution in [3.8, 4) is 11.3 Å². The van der Waals surface area contributed by atoms with Crippen molar-refractivity contribution in [2.45, 2.75) is 64.5 Å². The number of nitrogens with zero attached hydrogens (tertiary/aromatic N) is 5. The molecule has 6 rings (SSSR count). The SMILES string of the molecule is C[C@H](NC(=O)c1c(CN2CCN(/C(=N/S(C)(=O)=O)N3CCCC3)CC2)c(-c2ccccc2)nc2ccccc12)C1CCCCC1. The lowest BCUT2D eigenvalue weighted by Crippen LogP contribution is -2.53. The Bertz CT molecular complexity index is 1620. The fourth-order valence-electron chi connectivity index (χ4n) is 7.24. The van der Waals surface area contributed by atoms with Crippen LogP contribution in [-0.2, 0) is 16.6 Å². The number of pyridine rings is 1. The molecule has 240 valence electrons. The monoisotopic (exact) mass is 630 g/mol. The molecule has 45 heavy (non-hydrogen) atoms. The van der Waals surface area contributed by atoms with E-state index < -0.39 is 10.0 Å². The van der Waals surface area contributed by atoms with E-state index in [9.17, 15) is 13.2 Å². The van der Waals surface area contributed by atoms with Crippen LogP contribution in [0, 0.1) is 5.92 Å². The van der Waals surface area contributed by atoms with E-state index in [1.807, 2.05) is 42.5 Å². The molecule has 1 aromatic heterocycles. The molecule has 3 aromatic rings. The first-order valence-corrected chi connectivity index (χ1v) is 18.4. The van der Waals surface area contributed by atoms with Crippen LogP contribution >= 0.6 is 0 Å². The highest BCUT2D eigenvalue weighted by atomic mass is 32.2. The minimum absolute atomic E-state index is 0.0332. The molecule has 3 heterocycles. The molecule has 2 saturated heterocycles. The molecule has 1 N–H and O–H groups in total. The molecule has 0 unspecified atom stereocenters. The number of sulfonamides is 1. The minimum atomic E-state index is -3.52. The normalized spacial score (nSPS) is 19.6. The predicted molar refractivity (Wildman–Crippen MR) is 181 cm³/mol. The Kier molecular flexibility index (Phi) is 9.70. The van der Waals surface area contributed by atoms with Crippen LogP contribution in [0.1, 0.15) is 67.8 Å². The first kappa shape index (κ1) is 31.5. The number of likely N-dealkylation sites (tertiary alicyclic amines) is 1. The Morgan fingerprint density at radius 1 is 0.889 bits per heavy atom. The van der Waals surface area contributed by atoms with Crippen LogP contribution in [0.4, 0.5) is 0 Å². The molecule has 3 fully saturated rings. The minimum Gasteiger partial charge on any atom is -0.349 e. The number of benzene rings is 2. The van der Waals surface area contributed by atoms with Crippen LogP contribution in [0.25, 0.3) is 22.2 Å². The molecule has 2 aliphatic heterocycles. The van der Waals surface area contributed by atoms with Gasteiger partial charge in [0.05, 0.1) is 23.0 Å². The summed E-state index contributed by atoms with van der Waals surface area (Å²) in [7, 11) is -3.52. The molecule has 1 saturated carbocycles. The molecule has 0 radical (unpaired) electrons. The summed E-state index contributed by atoms with van der Waals surface area (Å²) >= 11 is 0. The largest absolute Gasteiger partial charge is 0.349 e. The van der Waals surface area contributed by atoms with Crippen molar-refractivity contribution >= 4 is 32.8 Å². The molecule has 0 spiro atoms. The summed E-state index contributed by atoms with van der Waals surface area (Å²) in [4.78, 5) is 26.1. The van der Waals surface area contributed by atoms with E-state index in [2.05, 4.69) is 43.5 Å². The van der Waals surface area contributed by atoms with E-state index in [4.69, 9.17) is 4.98 Å². The Hall–Kier alpha value is -3.50. The lowest BCUT2D eigenvalue weighted by Gasteiger charge is -2.39. The molecule has 9 nitrogen and oxygen atoms in total. The zero-order chi connectivity index (χ0) is 31.4. The number of rotatable bonds is 7. The lowest BCUT2D eigenvalue weighted by molar-refractivity contribution is 0.0918. The number of fused-ring (bicyclic) bond motifs is 1. The maximum Gasteiger partial charge on any atom is 0.253 e. The van der Waals surface area contributed by atoms with Crippen molar-refractivity contribution in [3.05, 3.63) is 65.7 Å². The quantitative estimate of drug-likeness (QED) is 0.286. The third kappa shape index (κ3) is 7.49. The van der Waals surface area contributed by atoms with E-state index in [-0.39, 0.29) is 11.9 Å². The maximum atomic E-state index is 14.3. The summed E-state index contributed by atoms with van der Waals surface area (Å²) in [5.74, 6) is 1.04. The number of hydrogen-bond acceptors (Lipinski definition) is 5. The number of aromatic nitrogens is 1. The maximum absolute atomic E-state index is 14.3. The summed E-state index contributed by atoms with van der Waals surface area (Å²) in [5.41, 5.74) is 4.28. The van der Waals surface area contributed by atoms with Gasteiger partial charge >= 0.3 is 0 Å². The number of amides is 1. The zero-order valence-electron chi connectivity index (χ0n) is 26.6. The lowest BCUT2D eigenvalue weighted by atomic mass is 9.84. The Labute approximate surface area is 267 Å². The van der Waals surface area contributed by atoms with E-state index in [0.717, 1.165) is 79.6 Å². The molecule has 1 amide bonds. The van der Waals surface area contributed by atoms with Gasteiger partial charge in [0.15, 0.2) is 0 Å². The van der Waals surface area contributed by atoms with Gasteiger partial charge in [-0.25, -0.2) is 13.4 Å². The van der Waals surface area contributed by atoms with Crippen molar-refractivity contribution in [1.29, 1.82) is 0 Å².